The first kappa shape index (κ1) is 15.0. The second-order valence-electron chi connectivity index (χ2n) is 3.89. The van der Waals surface area contributed by atoms with E-state index in [2.05, 4.69) is 47.2 Å². The molecule has 0 nitrogen and oxygen atoms in total. The van der Waals surface area contributed by atoms with Gasteiger partial charge in [-0.15, -0.1) is 0 Å². The van der Waals surface area contributed by atoms with E-state index in [4.69, 9.17) is 0 Å². The Morgan fingerprint density at radius 1 is 0.800 bits per heavy atom. The van der Waals surface area contributed by atoms with Gasteiger partial charge in [0, 0.05) is 5.33 Å². The molecule has 0 radical (unpaired) electrons. The Hall–Kier alpha value is -0.0400. The summed E-state index contributed by atoms with van der Waals surface area (Å²) in [5.74, 6) is 0. The largest absolute Gasteiger partial charge is 0.0928 e. The molecule has 0 aromatic rings. The first-order valence-corrected chi connectivity index (χ1v) is 7.41. The minimum Gasteiger partial charge on any atom is -0.0928 e. The summed E-state index contributed by atoms with van der Waals surface area (Å²) in [6, 6.07) is 0. The third kappa shape index (κ3) is 14.0. The average Bonchev–Trinajstić information content (AvgIpc) is 2.26. The Bertz CT molecular complexity index is 159. The fourth-order valence-electron chi connectivity index (χ4n) is 1.38. The van der Waals surface area contributed by atoms with E-state index >= 15 is 0 Å². The lowest BCUT2D eigenvalue weighted by molar-refractivity contribution is 0.679. The van der Waals surface area contributed by atoms with Crippen LogP contribution in [0.25, 0.3) is 0 Å². The molecule has 0 amide bonds. The van der Waals surface area contributed by atoms with E-state index in [0.29, 0.717) is 0 Å². The van der Waals surface area contributed by atoms with Crippen LogP contribution in [-0.2, 0) is 0 Å². The van der Waals surface area contributed by atoms with Gasteiger partial charge in [-0.2, -0.15) is 0 Å². The number of halogens is 1. The molecule has 0 saturated heterocycles. The number of rotatable bonds is 10. The van der Waals surface area contributed by atoms with Crippen LogP contribution in [0.15, 0.2) is 24.3 Å². The normalized spacial score (nSPS) is 11.9. The molecule has 0 rings (SSSR count). The van der Waals surface area contributed by atoms with E-state index in [9.17, 15) is 0 Å². The quantitative estimate of drug-likeness (QED) is 0.275. The minimum absolute atomic E-state index is 1.16. The maximum atomic E-state index is 3.45. The fraction of sp³-hybridized carbons (Fsp3) is 0.714. The van der Waals surface area contributed by atoms with Gasteiger partial charge in [-0.3, -0.25) is 0 Å². The standard InChI is InChI=1S/C14H25Br/c1-2-3-4-5-6-7-8-9-10-11-12-13-14-15/h5-8H,2-4,9-14H2,1H3/b6-5-,8-7-. The van der Waals surface area contributed by atoms with Crippen molar-refractivity contribution in [2.24, 2.45) is 0 Å². The van der Waals surface area contributed by atoms with E-state index < -0.39 is 0 Å². The number of hydrogen-bond donors (Lipinski definition) is 0. The Balaban J connectivity index is 3.13. The van der Waals surface area contributed by atoms with Crippen LogP contribution < -0.4 is 0 Å². The predicted molar refractivity (Wildman–Crippen MR) is 74.7 cm³/mol. The van der Waals surface area contributed by atoms with Crippen LogP contribution in [0.2, 0.25) is 0 Å². The first-order chi connectivity index (χ1) is 7.41. The molecule has 0 aromatic heterocycles. The molecular weight excluding hydrogens is 248 g/mol. The van der Waals surface area contributed by atoms with Crippen molar-refractivity contribution in [1.82, 2.24) is 0 Å². The lowest BCUT2D eigenvalue weighted by atomic mass is 10.1. The highest BCUT2D eigenvalue weighted by atomic mass is 79.9. The van der Waals surface area contributed by atoms with E-state index in [1.165, 1.54) is 51.4 Å². The molecule has 0 spiro atoms. The van der Waals surface area contributed by atoms with Crippen molar-refractivity contribution < 1.29 is 0 Å². The van der Waals surface area contributed by atoms with Gasteiger partial charge in [0.2, 0.25) is 0 Å². The van der Waals surface area contributed by atoms with Crippen LogP contribution in [0.3, 0.4) is 0 Å². The molecule has 0 unspecified atom stereocenters. The van der Waals surface area contributed by atoms with Crippen LogP contribution in [0.5, 0.6) is 0 Å². The zero-order valence-electron chi connectivity index (χ0n) is 10.1. The van der Waals surface area contributed by atoms with Crippen molar-refractivity contribution in [3.63, 3.8) is 0 Å². The Labute approximate surface area is 104 Å². The summed E-state index contributed by atoms with van der Waals surface area (Å²) in [5.41, 5.74) is 0. The summed E-state index contributed by atoms with van der Waals surface area (Å²) < 4.78 is 0. The van der Waals surface area contributed by atoms with Gasteiger partial charge in [0.15, 0.2) is 0 Å². The van der Waals surface area contributed by atoms with Gasteiger partial charge in [-0.05, 0) is 25.7 Å². The summed E-state index contributed by atoms with van der Waals surface area (Å²) in [7, 11) is 0. The monoisotopic (exact) mass is 272 g/mol. The Morgan fingerprint density at radius 3 is 2.00 bits per heavy atom. The number of hydrogen-bond acceptors (Lipinski definition) is 0. The minimum atomic E-state index is 1.16. The fourth-order valence-corrected chi connectivity index (χ4v) is 1.78. The molecule has 0 heterocycles. The van der Waals surface area contributed by atoms with Crippen molar-refractivity contribution in [3.05, 3.63) is 24.3 Å². The molecule has 0 saturated carbocycles. The summed E-state index contributed by atoms with van der Waals surface area (Å²) in [6.07, 6.45) is 19.4. The molecule has 0 aliphatic rings. The summed E-state index contributed by atoms with van der Waals surface area (Å²) in [4.78, 5) is 0. The molecule has 1 heteroatoms. The van der Waals surface area contributed by atoms with Crippen LogP contribution >= 0.6 is 15.9 Å². The van der Waals surface area contributed by atoms with Gasteiger partial charge in [-0.25, -0.2) is 0 Å². The third-order valence-electron chi connectivity index (χ3n) is 2.36. The van der Waals surface area contributed by atoms with Gasteiger partial charge < -0.3 is 0 Å². The predicted octanol–water partition coefficient (Wildman–Crippen LogP) is 5.63. The second kappa shape index (κ2) is 14.0. The molecular formula is C14H25Br. The van der Waals surface area contributed by atoms with Crippen LogP contribution in [0.1, 0.15) is 58.3 Å². The van der Waals surface area contributed by atoms with Gasteiger partial charge in [0.05, 0.1) is 0 Å². The molecule has 0 fully saturated rings. The zero-order valence-corrected chi connectivity index (χ0v) is 11.6. The van der Waals surface area contributed by atoms with Gasteiger partial charge >= 0.3 is 0 Å². The van der Waals surface area contributed by atoms with Crippen LogP contribution in [0, 0.1) is 0 Å². The zero-order chi connectivity index (χ0) is 11.2. The molecule has 0 aromatic carbocycles. The Morgan fingerprint density at radius 2 is 1.40 bits per heavy atom. The molecule has 88 valence electrons. The summed E-state index contributed by atoms with van der Waals surface area (Å²) in [6.45, 7) is 2.23. The summed E-state index contributed by atoms with van der Waals surface area (Å²) >= 11 is 3.45. The maximum absolute atomic E-state index is 3.45. The molecule has 0 bridgehead atoms. The number of unbranched alkanes of at least 4 members (excludes halogenated alkanes) is 6. The molecule has 0 N–H and O–H groups in total. The number of allylic oxidation sites excluding steroid dienone is 4. The molecule has 0 atom stereocenters. The van der Waals surface area contributed by atoms with Crippen molar-refractivity contribution in [2.75, 3.05) is 5.33 Å². The van der Waals surface area contributed by atoms with Crippen molar-refractivity contribution in [3.8, 4) is 0 Å². The first-order valence-electron chi connectivity index (χ1n) is 6.29. The average molecular weight is 273 g/mol. The molecule has 0 aliphatic heterocycles. The van der Waals surface area contributed by atoms with Gasteiger partial charge in [0.1, 0.15) is 0 Å². The lowest BCUT2D eigenvalue weighted by Crippen LogP contribution is -1.77. The highest BCUT2D eigenvalue weighted by Crippen LogP contribution is 2.05. The van der Waals surface area contributed by atoms with E-state index in [1.807, 2.05) is 0 Å². The molecule has 0 aliphatic carbocycles. The van der Waals surface area contributed by atoms with Crippen molar-refractivity contribution in [1.29, 1.82) is 0 Å². The maximum Gasteiger partial charge on any atom is 0.00313 e. The second-order valence-corrected chi connectivity index (χ2v) is 4.68. The SMILES string of the molecule is CCCC/C=C\C=C/CCCCCCBr. The smallest absolute Gasteiger partial charge is 0.00313 e. The third-order valence-corrected chi connectivity index (χ3v) is 2.92. The van der Waals surface area contributed by atoms with E-state index in [1.54, 1.807) is 0 Å². The van der Waals surface area contributed by atoms with E-state index in [0.717, 1.165) is 5.33 Å². The van der Waals surface area contributed by atoms with Crippen LogP contribution in [-0.4, -0.2) is 5.33 Å². The van der Waals surface area contributed by atoms with Gasteiger partial charge in [0.25, 0.3) is 0 Å². The highest BCUT2D eigenvalue weighted by Gasteiger charge is 1.86. The Kier molecular flexibility index (Phi) is 13.9. The van der Waals surface area contributed by atoms with Gasteiger partial charge in [-0.1, -0.05) is 72.8 Å². The number of alkyl halides is 1. The van der Waals surface area contributed by atoms with E-state index in [-0.39, 0.29) is 0 Å². The van der Waals surface area contributed by atoms with Crippen molar-refractivity contribution in [2.45, 2.75) is 58.3 Å². The summed E-state index contributed by atoms with van der Waals surface area (Å²) in [5, 5.41) is 1.16. The highest BCUT2D eigenvalue weighted by molar-refractivity contribution is 9.09. The lowest BCUT2D eigenvalue weighted by Gasteiger charge is -1.94. The van der Waals surface area contributed by atoms with Crippen molar-refractivity contribution >= 4 is 15.9 Å². The topological polar surface area (TPSA) is 0 Å². The molecule has 15 heavy (non-hydrogen) atoms. The van der Waals surface area contributed by atoms with Crippen LogP contribution in [0.4, 0.5) is 0 Å².